The number of hydrogen-bond donors (Lipinski definition) is 3. The summed E-state index contributed by atoms with van der Waals surface area (Å²) in [4.78, 5) is 15.8. The third-order valence-electron chi connectivity index (χ3n) is 2.05. The number of H-pyrrole nitrogens is 1. The van der Waals surface area contributed by atoms with Crippen molar-refractivity contribution in [1.29, 1.82) is 0 Å². The molecule has 0 radical (unpaired) electrons. The van der Waals surface area contributed by atoms with E-state index in [4.69, 9.17) is 5.73 Å². The number of nitrogens with two attached hydrogens (primary N) is 1. The van der Waals surface area contributed by atoms with E-state index >= 15 is 0 Å². The minimum Gasteiger partial charge on any atom is -0.396 e. The Morgan fingerprint density at radius 3 is 3.00 bits per heavy atom. The number of nitrogens with one attached hydrogen (secondary N) is 2. The van der Waals surface area contributed by atoms with E-state index in [0.717, 1.165) is 5.69 Å². The van der Waals surface area contributed by atoms with Gasteiger partial charge in [0.2, 0.25) is 0 Å². The first-order chi connectivity index (χ1) is 7.66. The zero-order chi connectivity index (χ0) is 11.5. The van der Waals surface area contributed by atoms with E-state index in [9.17, 15) is 4.79 Å². The number of nitrogens with zero attached hydrogens (tertiary/aromatic N) is 2. The van der Waals surface area contributed by atoms with E-state index in [1.54, 1.807) is 18.3 Å². The number of nitrogen functional groups attached to an aromatic ring is 1. The van der Waals surface area contributed by atoms with Crippen molar-refractivity contribution in [3.8, 4) is 0 Å². The summed E-state index contributed by atoms with van der Waals surface area (Å²) >= 11 is 0. The monoisotopic (exact) mass is 217 g/mol. The first kappa shape index (κ1) is 10.2. The normalized spacial score (nSPS) is 10.1. The van der Waals surface area contributed by atoms with Crippen LogP contribution in [-0.4, -0.2) is 21.1 Å². The summed E-state index contributed by atoms with van der Waals surface area (Å²) in [6, 6.07) is 3.47. The second kappa shape index (κ2) is 4.01. The van der Waals surface area contributed by atoms with Crippen molar-refractivity contribution in [2.75, 3.05) is 11.1 Å². The summed E-state index contributed by atoms with van der Waals surface area (Å²) in [6.45, 7) is 1.85. The molecule has 0 bridgehead atoms. The number of carbonyl (C=O) groups is 1. The average molecular weight is 217 g/mol. The molecule has 0 atom stereocenters. The van der Waals surface area contributed by atoms with Crippen LogP contribution in [0.1, 0.15) is 16.2 Å². The Kier molecular flexibility index (Phi) is 2.55. The first-order valence-corrected chi connectivity index (χ1v) is 4.69. The SMILES string of the molecule is Cc1cc(NC(=O)c2[nH]ncc2N)ccn1. The van der Waals surface area contributed by atoms with E-state index < -0.39 is 0 Å². The van der Waals surface area contributed by atoms with Crippen LogP contribution in [0.15, 0.2) is 24.5 Å². The van der Waals surface area contributed by atoms with Crippen molar-refractivity contribution in [3.63, 3.8) is 0 Å². The van der Waals surface area contributed by atoms with Gasteiger partial charge in [0.05, 0.1) is 11.9 Å². The molecule has 0 fully saturated rings. The number of hydrogen-bond acceptors (Lipinski definition) is 4. The molecule has 0 unspecified atom stereocenters. The molecular formula is C10H11N5O. The lowest BCUT2D eigenvalue weighted by atomic mass is 10.3. The van der Waals surface area contributed by atoms with Gasteiger partial charge < -0.3 is 11.1 Å². The molecule has 4 N–H and O–H groups in total. The lowest BCUT2D eigenvalue weighted by molar-refractivity contribution is 0.102. The standard InChI is InChI=1S/C10H11N5O/c1-6-4-7(2-3-12-6)14-10(16)9-8(11)5-13-15-9/h2-5H,11H2,1H3,(H,13,15)(H,12,14,16). The molecule has 0 aliphatic rings. The van der Waals surface area contributed by atoms with Crippen molar-refractivity contribution < 1.29 is 4.79 Å². The molecular weight excluding hydrogens is 206 g/mol. The van der Waals surface area contributed by atoms with Crippen LogP contribution in [-0.2, 0) is 0 Å². The topological polar surface area (TPSA) is 96.7 Å². The van der Waals surface area contributed by atoms with Gasteiger partial charge in [-0.15, -0.1) is 0 Å². The fourth-order valence-corrected chi connectivity index (χ4v) is 1.29. The number of aromatic nitrogens is 3. The van der Waals surface area contributed by atoms with Crippen LogP contribution in [0.5, 0.6) is 0 Å². The van der Waals surface area contributed by atoms with Crippen molar-refractivity contribution >= 4 is 17.3 Å². The summed E-state index contributed by atoms with van der Waals surface area (Å²) in [7, 11) is 0. The van der Waals surface area contributed by atoms with Crippen LogP contribution in [0.25, 0.3) is 0 Å². The van der Waals surface area contributed by atoms with E-state index in [-0.39, 0.29) is 11.6 Å². The van der Waals surface area contributed by atoms with E-state index in [2.05, 4.69) is 20.5 Å². The average Bonchev–Trinajstić information content (AvgIpc) is 2.64. The largest absolute Gasteiger partial charge is 0.396 e. The number of anilines is 2. The second-order valence-electron chi connectivity index (χ2n) is 3.34. The van der Waals surface area contributed by atoms with Crippen LogP contribution in [0, 0.1) is 6.92 Å². The Bertz CT molecular complexity index is 519. The number of pyridine rings is 1. The molecule has 0 saturated heterocycles. The van der Waals surface area contributed by atoms with Crippen LogP contribution in [0.4, 0.5) is 11.4 Å². The van der Waals surface area contributed by atoms with Gasteiger partial charge in [0, 0.05) is 17.6 Å². The molecule has 0 spiro atoms. The summed E-state index contributed by atoms with van der Waals surface area (Å²) < 4.78 is 0. The van der Waals surface area contributed by atoms with E-state index in [1.165, 1.54) is 6.20 Å². The van der Waals surface area contributed by atoms with Gasteiger partial charge in [0.25, 0.3) is 5.91 Å². The van der Waals surface area contributed by atoms with Gasteiger partial charge >= 0.3 is 0 Å². The number of aryl methyl sites for hydroxylation is 1. The fourth-order valence-electron chi connectivity index (χ4n) is 1.29. The maximum atomic E-state index is 11.7. The van der Waals surface area contributed by atoms with Crippen molar-refractivity contribution in [2.24, 2.45) is 0 Å². The van der Waals surface area contributed by atoms with Crippen molar-refractivity contribution in [2.45, 2.75) is 6.92 Å². The predicted molar refractivity (Wildman–Crippen MR) is 59.9 cm³/mol. The lowest BCUT2D eigenvalue weighted by Gasteiger charge is -2.04. The lowest BCUT2D eigenvalue weighted by Crippen LogP contribution is -2.14. The second-order valence-corrected chi connectivity index (χ2v) is 3.34. The minimum atomic E-state index is -0.319. The zero-order valence-corrected chi connectivity index (χ0v) is 8.69. The number of aromatic amines is 1. The zero-order valence-electron chi connectivity index (χ0n) is 8.69. The molecule has 0 aliphatic carbocycles. The highest BCUT2D eigenvalue weighted by atomic mass is 16.1. The third kappa shape index (κ3) is 2.00. The molecule has 6 nitrogen and oxygen atoms in total. The van der Waals surface area contributed by atoms with E-state index in [0.29, 0.717) is 11.4 Å². The molecule has 82 valence electrons. The van der Waals surface area contributed by atoms with Crippen LogP contribution in [0.3, 0.4) is 0 Å². The van der Waals surface area contributed by atoms with Gasteiger partial charge in [-0.3, -0.25) is 14.9 Å². The smallest absolute Gasteiger partial charge is 0.275 e. The quantitative estimate of drug-likeness (QED) is 0.697. The van der Waals surface area contributed by atoms with Crippen molar-refractivity contribution in [1.82, 2.24) is 15.2 Å². The fraction of sp³-hybridized carbons (Fsp3) is 0.100. The van der Waals surface area contributed by atoms with Gasteiger partial charge in [-0.2, -0.15) is 5.10 Å². The van der Waals surface area contributed by atoms with Crippen LogP contribution >= 0.6 is 0 Å². The maximum Gasteiger partial charge on any atom is 0.275 e. The molecule has 2 heterocycles. The van der Waals surface area contributed by atoms with E-state index in [1.807, 2.05) is 6.92 Å². The Balaban J connectivity index is 2.17. The molecule has 2 aromatic heterocycles. The van der Waals surface area contributed by atoms with Crippen LogP contribution in [0.2, 0.25) is 0 Å². The molecule has 2 rings (SSSR count). The Hall–Kier alpha value is -2.37. The van der Waals surface area contributed by atoms with Crippen LogP contribution < -0.4 is 11.1 Å². The van der Waals surface area contributed by atoms with Crippen molar-refractivity contribution in [3.05, 3.63) is 35.9 Å². The summed E-state index contributed by atoms with van der Waals surface area (Å²) in [6.07, 6.45) is 3.02. The molecule has 2 aromatic rings. The summed E-state index contributed by atoms with van der Waals surface area (Å²) in [5.74, 6) is -0.319. The summed E-state index contributed by atoms with van der Waals surface area (Å²) in [5.41, 5.74) is 7.64. The molecule has 16 heavy (non-hydrogen) atoms. The highest BCUT2D eigenvalue weighted by Gasteiger charge is 2.11. The molecule has 6 heteroatoms. The number of amides is 1. The van der Waals surface area contributed by atoms with Gasteiger partial charge in [-0.1, -0.05) is 0 Å². The van der Waals surface area contributed by atoms with Gasteiger partial charge in [0.1, 0.15) is 5.69 Å². The predicted octanol–water partition coefficient (Wildman–Crippen LogP) is 0.948. The van der Waals surface area contributed by atoms with Gasteiger partial charge in [-0.05, 0) is 19.1 Å². The third-order valence-corrected chi connectivity index (χ3v) is 2.05. The highest BCUT2D eigenvalue weighted by molar-refractivity contribution is 6.06. The first-order valence-electron chi connectivity index (χ1n) is 4.69. The maximum absolute atomic E-state index is 11.7. The van der Waals surface area contributed by atoms with Gasteiger partial charge in [0.15, 0.2) is 0 Å². The summed E-state index contributed by atoms with van der Waals surface area (Å²) in [5, 5.41) is 8.91. The molecule has 0 saturated carbocycles. The molecule has 0 aliphatic heterocycles. The van der Waals surface area contributed by atoms with Gasteiger partial charge in [-0.25, -0.2) is 0 Å². The number of carbonyl (C=O) groups excluding carboxylic acids is 1. The Labute approximate surface area is 91.9 Å². The minimum absolute atomic E-state index is 0.259. The highest BCUT2D eigenvalue weighted by Crippen LogP contribution is 2.11. The molecule has 0 aromatic carbocycles. The number of rotatable bonds is 2. The Morgan fingerprint density at radius 2 is 2.38 bits per heavy atom. The Morgan fingerprint density at radius 1 is 1.56 bits per heavy atom. The molecule has 1 amide bonds.